The maximum absolute atomic E-state index is 5.50. The molecule has 0 saturated heterocycles. The highest BCUT2D eigenvalue weighted by Crippen LogP contribution is 2.12. The van der Waals surface area contributed by atoms with Crippen LogP contribution < -0.4 is 4.74 Å². The molecule has 2 nitrogen and oxygen atoms in total. The first-order valence-corrected chi connectivity index (χ1v) is 2.78. The molecule has 47 valence electrons. The molecule has 0 fully saturated rings. The number of nitrogens with zero attached hydrogens (tertiary/aromatic N) is 1. The lowest BCUT2D eigenvalue weighted by molar-refractivity contribution is 0.414. The van der Waals surface area contributed by atoms with Gasteiger partial charge in [0.25, 0.3) is 0 Å². The zero-order chi connectivity index (χ0) is 6.69. The van der Waals surface area contributed by atoms with E-state index >= 15 is 0 Å². The number of pyridine rings is 1. The fourth-order valence-electron chi connectivity index (χ4n) is 0.467. The van der Waals surface area contributed by atoms with Crippen molar-refractivity contribution in [2.24, 2.45) is 0 Å². The summed E-state index contributed by atoms with van der Waals surface area (Å²) in [7, 11) is 1.57. The first-order chi connectivity index (χ1) is 4.33. The molecule has 0 amide bonds. The smallest absolute Gasteiger partial charge is 0.133 e. The molecular formula is C6H5ClNO. The minimum Gasteiger partial charge on any atom is -0.497 e. The fourth-order valence-corrected chi connectivity index (χ4v) is 0.623. The van der Waals surface area contributed by atoms with E-state index in [4.69, 9.17) is 16.3 Å². The van der Waals surface area contributed by atoms with Crippen LogP contribution in [-0.2, 0) is 0 Å². The molecule has 0 saturated carbocycles. The predicted molar refractivity (Wildman–Crippen MR) is 34.6 cm³/mol. The summed E-state index contributed by atoms with van der Waals surface area (Å²) in [6, 6.07) is 3.24. The van der Waals surface area contributed by atoms with Gasteiger partial charge in [0.2, 0.25) is 0 Å². The van der Waals surface area contributed by atoms with E-state index in [-0.39, 0.29) is 0 Å². The fraction of sp³-hybridized carbons (Fsp3) is 0.167. The molecule has 0 aliphatic rings. The molecule has 0 unspecified atom stereocenters. The highest BCUT2D eigenvalue weighted by atomic mass is 35.5. The molecule has 1 heterocycles. The summed E-state index contributed by atoms with van der Waals surface area (Å²) in [5.41, 5.74) is 0. The molecule has 9 heavy (non-hydrogen) atoms. The quantitative estimate of drug-likeness (QED) is 0.555. The van der Waals surface area contributed by atoms with Crippen molar-refractivity contribution in [1.29, 1.82) is 0 Å². The van der Waals surface area contributed by atoms with Crippen LogP contribution in [0.5, 0.6) is 5.75 Å². The number of aromatic nitrogens is 1. The van der Waals surface area contributed by atoms with Gasteiger partial charge in [-0.25, -0.2) is 4.98 Å². The largest absolute Gasteiger partial charge is 0.497 e. The Hall–Kier alpha value is -0.760. The second kappa shape index (κ2) is 2.69. The lowest BCUT2D eigenvalue weighted by Crippen LogP contribution is -1.82. The van der Waals surface area contributed by atoms with Gasteiger partial charge >= 0.3 is 0 Å². The summed E-state index contributed by atoms with van der Waals surface area (Å²) in [6.07, 6.45) is 2.57. The summed E-state index contributed by atoms with van der Waals surface area (Å²) in [4.78, 5) is 3.65. The first kappa shape index (κ1) is 6.36. The molecular weight excluding hydrogens is 138 g/mol. The highest BCUT2D eigenvalue weighted by Gasteiger charge is 1.90. The van der Waals surface area contributed by atoms with Gasteiger partial charge in [-0.15, -0.1) is 0 Å². The minimum absolute atomic E-state index is 0.398. The molecule has 0 aromatic carbocycles. The van der Waals surface area contributed by atoms with Crippen molar-refractivity contribution < 1.29 is 4.74 Å². The van der Waals surface area contributed by atoms with Crippen LogP contribution in [-0.4, -0.2) is 12.1 Å². The molecule has 1 radical (unpaired) electrons. The third-order valence-electron chi connectivity index (χ3n) is 0.875. The van der Waals surface area contributed by atoms with E-state index < -0.39 is 0 Å². The number of hydrogen-bond donors (Lipinski definition) is 0. The van der Waals surface area contributed by atoms with Crippen LogP contribution in [0.1, 0.15) is 0 Å². The van der Waals surface area contributed by atoms with E-state index in [1.165, 1.54) is 0 Å². The van der Waals surface area contributed by atoms with Crippen molar-refractivity contribution in [2.75, 3.05) is 7.11 Å². The molecule has 0 aliphatic carbocycles. The second-order valence-electron chi connectivity index (χ2n) is 1.46. The number of methoxy groups -OCH3 is 1. The van der Waals surface area contributed by atoms with Crippen LogP contribution in [0.2, 0.25) is 5.15 Å². The van der Waals surface area contributed by atoms with E-state index in [1.54, 1.807) is 19.2 Å². The Kier molecular flexibility index (Phi) is 1.90. The molecule has 1 aromatic rings. The number of rotatable bonds is 1. The van der Waals surface area contributed by atoms with E-state index in [1.807, 2.05) is 0 Å². The molecule has 0 N–H and O–H groups in total. The Labute approximate surface area is 58.4 Å². The van der Waals surface area contributed by atoms with E-state index in [0.29, 0.717) is 10.9 Å². The van der Waals surface area contributed by atoms with E-state index in [9.17, 15) is 0 Å². The van der Waals surface area contributed by atoms with Gasteiger partial charge in [0.15, 0.2) is 0 Å². The Morgan fingerprint density at radius 2 is 2.56 bits per heavy atom. The number of ether oxygens (including phenoxy) is 1. The van der Waals surface area contributed by atoms with Crippen molar-refractivity contribution in [3.63, 3.8) is 0 Å². The van der Waals surface area contributed by atoms with E-state index in [0.717, 1.165) is 0 Å². The Bertz CT molecular complexity index is 202. The van der Waals surface area contributed by atoms with Crippen LogP contribution >= 0.6 is 11.6 Å². The van der Waals surface area contributed by atoms with E-state index in [2.05, 4.69) is 11.2 Å². The number of hydrogen-bond acceptors (Lipinski definition) is 2. The number of halogens is 1. The van der Waals surface area contributed by atoms with Gasteiger partial charge in [0, 0.05) is 12.1 Å². The molecule has 0 spiro atoms. The second-order valence-corrected chi connectivity index (χ2v) is 1.85. The average molecular weight is 143 g/mol. The predicted octanol–water partition coefficient (Wildman–Crippen LogP) is 1.54. The van der Waals surface area contributed by atoms with Crippen LogP contribution in [0.25, 0.3) is 0 Å². The average Bonchev–Trinajstić information content (AvgIpc) is 1.88. The van der Waals surface area contributed by atoms with Crippen molar-refractivity contribution in [2.45, 2.75) is 0 Å². The first-order valence-electron chi connectivity index (χ1n) is 2.40. The summed E-state index contributed by atoms with van der Waals surface area (Å²) in [5, 5.41) is 0.398. The standard InChI is InChI=1S/C6H5ClNO/c1-9-5-2-3-8-6(7)4-5/h2,4H,1H3. The monoisotopic (exact) mass is 142 g/mol. The van der Waals surface area contributed by atoms with Crippen LogP contribution in [0.4, 0.5) is 0 Å². The topological polar surface area (TPSA) is 22.1 Å². The molecule has 0 aliphatic heterocycles. The third-order valence-corrected chi connectivity index (χ3v) is 1.07. The Morgan fingerprint density at radius 3 is 3.00 bits per heavy atom. The lowest BCUT2D eigenvalue weighted by atomic mass is 10.5. The minimum atomic E-state index is 0.398. The summed E-state index contributed by atoms with van der Waals surface area (Å²) in [5.74, 6) is 0.676. The SMILES string of the molecule is COc1c[c]nc(Cl)c1. The molecule has 1 rings (SSSR count). The third kappa shape index (κ3) is 1.57. The van der Waals surface area contributed by atoms with Crippen molar-refractivity contribution in [1.82, 2.24) is 4.98 Å². The highest BCUT2D eigenvalue weighted by molar-refractivity contribution is 6.29. The summed E-state index contributed by atoms with van der Waals surface area (Å²) in [6.45, 7) is 0. The lowest BCUT2D eigenvalue weighted by Gasteiger charge is -1.95. The maximum atomic E-state index is 5.50. The van der Waals surface area contributed by atoms with Gasteiger partial charge in [0.05, 0.1) is 13.3 Å². The van der Waals surface area contributed by atoms with Crippen LogP contribution in [0.15, 0.2) is 12.1 Å². The van der Waals surface area contributed by atoms with Crippen LogP contribution in [0.3, 0.4) is 0 Å². The molecule has 0 atom stereocenters. The normalized spacial score (nSPS) is 9.11. The van der Waals surface area contributed by atoms with Crippen LogP contribution in [0, 0.1) is 6.20 Å². The van der Waals surface area contributed by atoms with Gasteiger partial charge in [-0.05, 0) is 0 Å². The summed E-state index contributed by atoms with van der Waals surface area (Å²) >= 11 is 5.50. The van der Waals surface area contributed by atoms with Crippen molar-refractivity contribution in [3.8, 4) is 5.75 Å². The van der Waals surface area contributed by atoms with Crippen molar-refractivity contribution >= 4 is 11.6 Å². The van der Waals surface area contributed by atoms with Gasteiger partial charge in [-0.1, -0.05) is 11.6 Å². The Balaban J connectivity index is 2.94. The van der Waals surface area contributed by atoms with Crippen molar-refractivity contribution in [3.05, 3.63) is 23.5 Å². The van der Waals surface area contributed by atoms with Gasteiger partial charge < -0.3 is 4.74 Å². The van der Waals surface area contributed by atoms with Gasteiger partial charge in [0.1, 0.15) is 10.9 Å². The molecule has 3 heteroatoms. The zero-order valence-corrected chi connectivity index (χ0v) is 5.64. The maximum Gasteiger partial charge on any atom is 0.133 e. The van der Waals surface area contributed by atoms with Gasteiger partial charge in [-0.3, -0.25) is 0 Å². The molecule has 0 bridgehead atoms. The molecule has 1 aromatic heterocycles. The van der Waals surface area contributed by atoms with Gasteiger partial charge in [-0.2, -0.15) is 0 Å². The zero-order valence-electron chi connectivity index (χ0n) is 4.89. The Morgan fingerprint density at radius 1 is 1.78 bits per heavy atom. The summed E-state index contributed by atoms with van der Waals surface area (Å²) < 4.78 is 4.84.